The number of hydrogen-bond acceptors (Lipinski definition) is 3. The molecule has 27 heavy (non-hydrogen) atoms. The van der Waals surface area contributed by atoms with Crippen LogP contribution in [0.2, 0.25) is 0 Å². The number of nitrogens with one attached hydrogen (secondary N) is 3. The number of para-hydroxylation sites is 1. The zero-order valence-corrected chi connectivity index (χ0v) is 15.2. The zero-order chi connectivity index (χ0) is 19.2. The molecular weight excluding hydrogens is 342 g/mol. The molecule has 140 valence electrons. The van der Waals surface area contributed by atoms with Crippen molar-refractivity contribution in [1.82, 2.24) is 5.32 Å². The maximum atomic E-state index is 12.2. The third-order valence-corrected chi connectivity index (χ3v) is 4.71. The van der Waals surface area contributed by atoms with Crippen molar-refractivity contribution in [2.45, 2.75) is 25.7 Å². The Balaban J connectivity index is 1.50. The molecule has 6 nitrogen and oxygen atoms in total. The lowest BCUT2D eigenvalue weighted by molar-refractivity contribution is -0.121. The zero-order valence-electron chi connectivity index (χ0n) is 15.2. The van der Waals surface area contributed by atoms with Gasteiger partial charge in [0.1, 0.15) is 0 Å². The third-order valence-electron chi connectivity index (χ3n) is 4.71. The van der Waals surface area contributed by atoms with Crippen molar-refractivity contribution in [2.75, 3.05) is 17.7 Å². The lowest BCUT2D eigenvalue weighted by Gasteiger charge is -2.24. The topological polar surface area (TPSA) is 87.3 Å². The van der Waals surface area contributed by atoms with Crippen LogP contribution in [-0.4, -0.2) is 24.8 Å². The molecular formula is C21H23N3O3. The number of fused-ring (bicyclic) bond motifs is 1. The summed E-state index contributed by atoms with van der Waals surface area (Å²) in [6, 6.07) is 14.9. The molecule has 0 aliphatic carbocycles. The predicted octanol–water partition coefficient (Wildman–Crippen LogP) is 2.50. The van der Waals surface area contributed by atoms with Crippen LogP contribution in [0.25, 0.3) is 0 Å². The molecule has 0 bridgehead atoms. The maximum Gasteiger partial charge on any atom is 0.227 e. The van der Waals surface area contributed by atoms with Gasteiger partial charge in [-0.15, -0.1) is 0 Å². The molecule has 1 aliphatic heterocycles. The number of hydrogen-bond donors (Lipinski definition) is 3. The first-order valence-corrected chi connectivity index (χ1v) is 9.03. The molecule has 1 aliphatic rings. The van der Waals surface area contributed by atoms with Gasteiger partial charge in [0.25, 0.3) is 0 Å². The van der Waals surface area contributed by atoms with Crippen LogP contribution in [0, 0.1) is 5.92 Å². The van der Waals surface area contributed by atoms with Gasteiger partial charge >= 0.3 is 0 Å². The normalized spacial score (nSPS) is 15.4. The summed E-state index contributed by atoms with van der Waals surface area (Å²) < 4.78 is 0. The molecule has 2 aromatic carbocycles. The number of carbonyl (C=O) groups excluding carboxylic acids is 3. The molecule has 1 unspecified atom stereocenters. The first-order valence-electron chi connectivity index (χ1n) is 9.03. The van der Waals surface area contributed by atoms with Crippen LogP contribution in [0.1, 0.15) is 24.0 Å². The molecule has 0 radical (unpaired) electrons. The summed E-state index contributed by atoms with van der Waals surface area (Å²) >= 11 is 0. The van der Waals surface area contributed by atoms with Crippen LogP contribution in [0.5, 0.6) is 0 Å². The van der Waals surface area contributed by atoms with Crippen LogP contribution < -0.4 is 16.0 Å². The molecule has 6 heteroatoms. The summed E-state index contributed by atoms with van der Waals surface area (Å²) in [7, 11) is 1.60. The van der Waals surface area contributed by atoms with E-state index in [1.54, 1.807) is 19.2 Å². The minimum absolute atomic E-state index is 0.0277. The molecule has 3 rings (SSSR count). The Bertz CT molecular complexity index is 846. The minimum Gasteiger partial charge on any atom is -0.359 e. The molecule has 0 saturated heterocycles. The Morgan fingerprint density at radius 2 is 1.81 bits per heavy atom. The average Bonchev–Trinajstić information content (AvgIpc) is 2.67. The minimum atomic E-state index is -0.194. The first kappa shape index (κ1) is 18.6. The summed E-state index contributed by atoms with van der Waals surface area (Å²) in [5.74, 6) is -0.402. The highest BCUT2D eigenvalue weighted by Gasteiger charge is 2.26. The Labute approximate surface area is 158 Å². The number of benzene rings is 2. The molecule has 0 aromatic heterocycles. The van der Waals surface area contributed by atoms with Crippen molar-refractivity contribution in [3.05, 3.63) is 59.7 Å². The fourth-order valence-corrected chi connectivity index (χ4v) is 3.15. The van der Waals surface area contributed by atoms with Crippen molar-refractivity contribution in [2.24, 2.45) is 5.92 Å². The first-order chi connectivity index (χ1) is 13.0. The van der Waals surface area contributed by atoms with Crippen LogP contribution in [0.3, 0.4) is 0 Å². The van der Waals surface area contributed by atoms with Gasteiger partial charge in [0.2, 0.25) is 17.7 Å². The Morgan fingerprint density at radius 3 is 2.56 bits per heavy atom. The fraction of sp³-hybridized carbons (Fsp3) is 0.286. The number of carbonyl (C=O) groups is 3. The molecule has 3 amide bonds. The second-order valence-corrected chi connectivity index (χ2v) is 6.68. The molecule has 0 saturated carbocycles. The predicted molar refractivity (Wildman–Crippen MR) is 104 cm³/mol. The molecule has 3 N–H and O–H groups in total. The van der Waals surface area contributed by atoms with Crippen LogP contribution in [0.15, 0.2) is 48.5 Å². The monoisotopic (exact) mass is 365 g/mol. The third kappa shape index (κ3) is 4.94. The van der Waals surface area contributed by atoms with Crippen LogP contribution in [-0.2, 0) is 27.2 Å². The second kappa shape index (κ2) is 8.49. The summed E-state index contributed by atoms with van der Waals surface area (Å²) in [6.07, 6.45) is 1.74. The van der Waals surface area contributed by atoms with E-state index in [0.29, 0.717) is 24.9 Å². The van der Waals surface area contributed by atoms with Crippen molar-refractivity contribution < 1.29 is 14.4 Å². The van der Waals surface area contributed by atoms with E-state index in [1.807, 2.05) is 36.4 Å². The van der Waals surface area contributed by atoms with Gasteiger partial charge in [0.05, 0.1) is 6.42 Å². The summed E-state index contributed by atoms with van der Waals surface area (Å²) in [5, 5.41) is 8.32. The molecule has 1 heterocycles. The highest BCUT2D eigenvalue weighted by Crippen LogP contribution is 2.27. The number of rotatable bonds is 6. The van der Waals surface area contributed by atoms with E-state index in [2.05, 4.69) is 16.0 Å². The highest BCUT2D eigenvalue weighted by atomic mass is 16.2. The van der Waals surface area contributed by atoms with Crippen molar-refractivity contribution in [1.29, 1.82) is 0 Å². The van der Waals surface area contributed by atoms with Gasteiger partial charge in [-0.3, -0.25) is 14.4 Å². The fourth-order valence-electron chi connectivity index (χ4n) is 3.15. The SMILES string of the molecule is CNC(=O)Cc1ccc(NC(=O)CCC2Cc3ccccc3NC2=O)cc1. The van der Waals surface area contributed by atoms with Gasteiger partial charge in [-0.2, -0.15) is 0 Å². The molecule has 1 atom stereocenters. The van der Waals surface area contributed by atoms with Crippen molar-refractivity contribution in [3.63, 3.8) is 0 Å². The van der Waals surface area contributed by atoms with E-state index in [9.17, 15) is 14.4 Å². The smallest absolute Gasteiger partial charge is 0.227 e. The Hall–Kier alpha value is -3.15. The van der Waals surface area contributed by atoms with E-state index < -0.39 is 0 Å². The van der Waals surface area contributed by atoms with Gasteiger partial charge in [-0.25, -0.2) is 0 Å². The van der Waals surface area contributed by atoms with E-state index in [4.69, 9.17) is 0 Å². The largest absolute Gasteiger partial charge is 0.359 e. The highest BCUT2D eigenvalue weighted by molar-refractivity contribution is 5.96. The number of anilines is 2. The lowest BCUT2D eigenvalue weighted by atomic mass is 9.89. The van der Waals surface area contributed by atoms with Crippen LogP contribution >= 0.6 is 0 Å². The van der Waals surface area contributed by atoms with Crippen LogP contribution in [0.4, 0.5) is 11.4 Å². The maximum absolute atomic E-state index is 12.2. The lowest BCUT2D eigenvalue weighted by Crippen LogP contribution is -2.30. The van der Waals surface area contributed by atoms with Gasteiger partial charge in [-0.1, -0.05) is 30.3 Å². The summed E-state index contributed by atoms with van der Waals surface area (Å²) in [5.41, 5.74) is 3.53. The molecule has 0 spiro atoms. The van der Waals surface area contributed by atoms with E-state index in [1.165, 1.54) is 0 Å². The van der Waals surface area contributed by atoms with E-state index >= 15 is 0 Å². The van der Waals surface area contributed by atoms with Gasteiger partial charge < -0.3 is 16.0 Å². The Kier molecular flexibility index (Phi) is 5.86. The molecule has 0 fully saturated rings. The van der Waals surface area contributed by atoms with E-state index in [-0.39, 0.29) is 30.1 Å². The molecule has 2 aromatic rings. The standard InChI is InChI=1S/C21H23N3O3/c1-22-20(26)12-14-6-9-17(10-7-14)23-19(25)11-8-16-13-15-4-2-3-5-18(15)24-21(16)27/h2-7,9-10,16H,8,11-13H2,1H3,(H,22,26)(H,23,25)(H,24,27). The van der Waals surface area contributed by atoms with Gasteiger partial charge in [0, 0.05) is 30.8 Å². The summed E-state index contributed by atoms with van der Waals surface area (Å²) in [6.45, 7) is 0. The quantitative estimate of drug-likeness (QED) is 0.735. The summed E-state index contributed by atoms with van der Waals surface area (Å²) in [4.78, 5) is 35.8. The van der Waals surface area contributed by atoms with Crippen molar-refractivity contribution in [3.8, 4) is 0 Å². The number of likely N-dealkylation sites (N-methyl/N-ethyl adjacent to an activating group) is 1. The van der Waals surface area contributed by atoms with E-state index in [0.717, 1.165) is 16.8 Å². The Morgan fingerprint density at radius 1 is 1.07 bits per heavy atom. The number of amides is 3. The van der Waals surface area contributed by atoms with Crippen molar-refractivity contribution >= 4 is 29.1 Å². The second-order valence-electron chi connectivity index (χ2n) is 6.68. The van der Waals surface area contributed by atoms with Gasteiger partial charge in [0.15, 0.2) is 0 Å². The van der Waals surface area contributed by atoms with Gasteiger partial charge in [-0.05, 0) is 42.2 Å². The average molecular weight is 365 g/mol.